The molecule has 0 heterocycles. The van der Waals surface area contributed by atoms with Crippen molar-refractivity contribution in [1.29, 1.82) is 0 Å². The average molecular weight is 182 g/mol. The van der Waals surface area contributed by atoms with Crippen LogP contribution in [0.1, 0.15) is 0 Å². The highest BCUT2D eigenvalue weighted by Gasteiger charge is 1.94. The largest absolute Gasteiger partial charge is 0.397 e. The van der Waals surface area contributed by atoms with Crippen LogP contribution in [-0.4, -0.2) is 0 Å². The van der Waals surface area contributed by atoms with Gasteiger partial charge in [-0.2, -0.15) is 0 Å². The van der Waals surface area contributed by atoms with Gasteiger partial charge >= 0.3 is 0 Å². The lowest BCUT2D eigenvalue weighted by Crippen LogP contribution is -1.86. The number of rotatable bonds is 0. The van der Waals surface area contributed by atoms with E-state index in [2.05, 4.69) is 0 Å². The van der Waals surface area contributed by atoms with Crippen molar-refractivity contribution in [2.75, 3.05) is 5.73 Å². The highest BCUT2D eigenvalue weighted by Crippen LogP contribution is 2.17. The van der Waals surface area contributed by atoms with Crippen molar-refractivity contribution < 1.29 is 4.39 Å². The van der Waals surface area contributed by atoms with Gasteiger partial charge in [-0.3, -0.25) is 0 Å². The molecule has 2 N–H and O–H groups in total. The molecule has 0 radical (unpaired) electrons. The molecular formula is C6H6Cl2FN. The van der Waals surface area contributed by atoms with Gasteiger partial charge in [0.2, 0.25) is 0 Å². The van der Waals surface area contributed by atoms with Crippen molar-refractivity contribution >= 4 is 29.7 Å². The molecule has 0 spiro atoms. The lowest BCUT2D eigenvalue weighted by atomic mass is 10.3. The normalized spacial score (nSPS) is 8.60. The molecule has 0 aliphatic rings. The van der Waals surface area contributed by atoms with E-state index in [1.165, 1.54) is 18.2 Å². The van der Waals surface area contributed by atoms with Crippen LogP contribution in [0.25, 0.3) is 0 Å². The molecule has 1 rings (SSSR count). The highest BCUT2D eigenvalue weighted by molar-refractivity contribution is 6.33. The quantitative estimate of drug-likeness (QED) is 0.612. The summed E-state index contributed by atoms with van der Waals surface area (Å²) in [6, 6.07) is 3.87. The summed E-state index contributed by atoms with van der Waals surface area (Å²) in [5.41, 5.74) is 5.52. The van der Waals surface area contributed by atoms with Crippen LogP contribution >= 0.6 is 24.0 Å². The first-order valence-corrected chi connectivity index (χ1v) is 2.78. The fourth-order valence-corrected chi connectivity index (χ4v) is 0.632. The third kappa shape index (κ3) is 2.05. The number of hydrogen-bond donors (Lipinski definition) is 1. The number of halogens is 3. The van der Waals surface area contributed by atoms with Crippen molar-refractivity contribution in [1.82, 2.24) is 0 Å². The monoisotopic (exact) mass is 181 g/mol. The summed E-state index contributed by atoms with van der Waals surface area (Å²) in [6.07, 6.45) is 0. The third-order valence-electron chi connectivity index (χ3n) is 0.958. The van der Waals surface area contributed by atoms with Gasteiger partial charge in [-0.25, -0.2) is 4.39 Å². The Morgan fingerprint density at radius 3 is 2.40 bits per heavy atom. The molecule has 0 aliphatic heterocycles. The lowest BCUT2D eigenvalue weighted by Gasteiger charge is -1.94. The Morgan fingerprint density at radius 1 is 1.40 bits per heavy atom. The molecule has 0 fully saturated rings. The summed E-state index contributed by atoms with van der Waals surface area (Å²) >= 11 is 5.49. The first kappa shape index (κ1) is 9.53. The van der Waals surface area contributed by atoms with Crippen molar-refractivity contribution in [2.24, 2.45) is 0 Å². The Balaban J connectivity index is 0.000000810. The smallest absolute Gasteiger partial charge is 0.125 e. The first-order valence-electron chi connectivity index (χ1n) is 2.40. The summed E-state index contributed by atoms with van der Waals surface area (Å²) < 4.78 is 12.2. The van der Waals surface area contributed by atoms with Crippen molar-refractivity contribution in [3.05, 3.63) is 29.0 Å². The van der Waals surface area contributed by atoms with Gasteiger partial charge in [0.15, 0.2) is 0 Å². The van der Waals surface area contributed by atoms with Crippen LogP contribution in [0.2, 0.25) is 5.02 Å². The Labute approximate surface area is 69.4 Å². The predicted molar refractivity (Wildman–Crippen MR) is 43.1 cm³/mol. The third-order valence-corrected chi connectivity index (χ3v) is 1.30. The van der Waals surface area contributed by atoms with E-state index in [4.69, 9.17) is 17.3 Å². The van der Waals surface area contributed by atoms with Crippen LogP contribution in [0.4, 0.5) is 10.1 Å². The number of anilines is 1. The molecule has 0 atom stereocenters. The minimum atomic E-state index is -0.364. The Hall–Kier alpha value is -0.470. The summed E-state index contributed by atoms with van der Waals surface area (Å²) in [5.74, 6) is -0.364. The molecule has 0 saturated carbocycles. The van der Waals surface area contributed by atoms with Gasteiger partial charge in [-0.05, 0) is 18.2 Å². The van der Waals surface area contributed by atoms with Gasteiger partial charge in [0, 0.05) is 0 Å². The molecule has 4 heteroatoms. The molecule has 0 bridgehead atoms. The summed E-state index contributed by atoms with van der Waals surface area (Å²) in [6.45, 7) is 0. The first-order chi connectivity index (χ1) is 4.20. The number of nitrogen functional groups attached to an aromatic ring is 1. The molecule has 10 heavy (non-hydrogen) atoms. The van der Waals surface area contributed by atoms with Crippen LogP contribution in [0.15, 0.2) is 18.2 Å². The Kier molecular flexibility index (Phi) is 3.47. The van der Waals surface area contributed by atoms with Crippen LogP contribution in [0, 0.1) is 5.82 Å². The summed E-state index contributed by atoms with van der Waals surface area (Å²) in [4.78, 5) is 0. The van der Waals surface area contributed by atoms with Gasteiger partial charge in [0.1, 0.15) is 5.82 Å². The maximum atomic E-state index is 12.2. The summed E-state index contributed by atoms with van der Waals surface area (Å²) in [5, 5.41) is 0.386. The van der Waals surface area contributed by atoms with E-state index in [-0.39, 0.29) is 23.9 Å². The molecule has 1 aromatic carbocycles. The minimum absolute atomic E-state index is 0. The van der Waals surface area contributed by atoms with Gasteiger partial charge in [0.05, 0.1) is 10.7 Å². The zero-order chi connectivity index (χ0) is 6.85. The molecule has 0 saturated heterocycles. The molecular weight excluding hydrogens is 176 g/mol. The second-order valence-corrected chi connectivity index (χ2v) is 2.07. The molecule has 1 nitrogen and oxygen atoms in total. The Bertz CT molecular complexity index is 227. The maximum Gasteiger partial charge on any atom is 0.125 e. The number of nitrogens with two attached hydrogens (primary N) is 1. The molecule has 56 valence electrons. The average Bonchev–Trinajstić information content (AvgIpc) is 1.80. The minimum Gasteiger partial charge on any atom is -0.397 e. The molecule has 0 aliphatic carbocycles. The second-order valence-electron chi connectivity index (χ2n) is 1.67. The highest BCUT2D eigenvalue weighted by atomic mass is 35.5. The van der Waals surface area contributed by atoms with E-state index in [1.807, 2.05) is 0 Å². The van der Waals surface area contributed by atoms with E-state index in [0.717, 1.165) is 0 Å². The van der Waals surface area contributed by atoms with Crippen molar-refractivity contribution in [2.45, 2.75) is 0 Å². The van der Waals surface area contributed by atoms with Gasteiger partial charge in [-0.15, -0.1) is 12.4 Å². The van der Waals surface area contributed by atoms with Crippen molar-refractivity contribution in [3.63, 3.8) is 0 Å². The topological polar surface area (TPSA) is 26.0 Å². The van der Waals surface area contributed by atoms with Crippen LogP contribution in [-0.2, 0) is 0 Å². The molecule has 0 unspecified atom stereocenters. The van der Waals surface area contributed by atoms with Crippen LogP contribution < -0.4 is 5.73 Å². The molecule has 0 amide bonds. The van der Waals surface area contributed by atoms with Gasteiger partial charge < -0.3 is 5.73 Å². The van der Waals surface area contributed by atoms with Crippen molar-refractivity contribution in [3.8, 4) is 0 Å². The molecule has 0 aromatic heterocycles. The fraction of sp³-hybridized carbons (Fsp3) is 0. The van der Waals surface area contributed by atoms with Gasteiger partial charge in [0.25, 0.3) is 0 Å². The van der Waals surface area contributed by atoms with E-state index in [1.54, 1.807) is 0 Å². The standard InChI is InChI=1S/C6H5ClFN.ClH/c7-5-2-1-4(8)3-6(5)9;/h1-3H,9H2;1H. The van der Waals surface area contributed by atoms with Crippen LogP contribution in [0.3, 0.4) is 0 Å². The summed E-state index contributed by atoms with van der Waals surface area (Å²) in [7, 11) is 0. The lowest BCUT2D eigenvalue weighted by molar-refractivity contribution is 0.628. The second kappa shape index (κ2) is 3.64. The zero-order valence-electron chi connectivity index (χ0n) is 4.97. The zero-order valence-corrected chi connectivity index (χ0v) is 6.55. The van der Waals surface area contributed by atoms with E-state index in [0.29, 0.717) is 5.02 Å². The van der Waals surface area contributed by atoms with Gasteiger partial charge in [-0.1, -0.05) is 11.6 Å². The Morgan fingerprint density at radius 2 is 2.00 bits per heavy atom. The van der Waals surface area contributed by atoms with Crippen LogP contribution in [0.5, 0.6) is 0 Å². The molecule has 1 aromatic rings. The SMILES string of the molecule is Cl.Nc1cc(F)ccc1Cl. The number of benzene rings is 1. The predicted octanol–water partition coefficient (Wildman–Crippen LogP) is 2.48. The van der Waals surface area contributed by atoms with E-state index >= 15 is 0 Å². The van der Waals surface area contributed by atoms with E-state index in [9.17, 15) is 4.39 Å². The fourth-order valence-electron chi connectivity index (χ4n) is 0.515. The maximum absolute atomic E-state index is 12.2. The van der Waals surface area contributed by atoms with E-state index < -0.39 is 0 Å². The number of hydrogen-bond acceptors (Lipinski definition) is 1.